The van der Waals surface area contributed by atoms with E-state index in [1.807, 2.05) is 0 Å². The second kappa shape index (κ2) is 7.17. The van der Waals surface area contributed by atoms with E-state index in [0.29, 0.717) is 16.5 Å². The normalized spacial score (nSPS) is 10.6. The lowest BCUT2D eigenvalue weighted by Crippen LogP contribution is -2.06. The average Bonchev–Trinajstić information content (AvgIpc) is 3.05. The topological polar surface area (TPSA) is 78.1 Å². The summed E-state index contributed by atoms with van der Waals surface area (Å²) >= 11 is 17.3. The summed E-state index contributed by atoms with van der Waals surface area (Å²) in [6, 6.07) is 8.27. The Morgan fingerprint density at radius 1 is 1.12 bits per heavy atom. The van der Waals surface area contributed by atoms with Crippen molar-refractivity contribution in [3.05, 3.63) is 63.2 Å². The van der Waals surface area contributed by atoms with Crippen molar-refractivity contribution in [2.24, 2.45) is 0 Å². The third kappa shape index (κ3) is 3.84. The number of hydrogen-bond donors (Lipinski definition) is 0. The minimum absolute atomic E-state index is 0.109. The first-order valence-electron chi connectivity index (χ1n) is 6.59. The molecule has 2 aromatic heterocycles. The van der Waals surface area contributed by atoms with E-state index in [1.165, 1.54) is 12.3 Å². The fraction of sp³-hybridized carbons (Fsp3) is 0.0667. The van der Waals surface area contributed by atoms with Crippen LogP contribution in [0.4, 0.5) is 0 Å². The fourth-order valence-electron chi connectivity index (χ4n) is 1.76. The van der Waals surface area contributed by atoms with Crippen molar-refractivity contribution in [2.45, 2.75) is 6.61 Å². The lowest BCUT2D eigenvalue weighted by molar-refractivity contribution is 0.0438. The van der Waals surface area contributed by atoms with E-state index >= 15 is 0 Å². The first-order chi connectivity index (χ1) is 11.5. The summed E-state index contributed by atoms with van der Waals surface area (Å²) in [5, 5.41) is 8.58. The van der Waals surface area contributed by atoms with Crippen LogP contribution in [-0.2, 0) is 11.3 Å². The number of hydrogen-bond acceptors (Lipinski definition) is 6. The Morgan fingerprint density at radius 3 is 2.58 bits per heavy atom. The molecule has 0 fully saturated rings. The summed E-state index contributed by atoms with van der Waals surface area (Å²) in [5.41, 5.74) is 0.875. The number of aromatic nitrogens is 3. The van der Waals surface area contributed by atoms with Crippen LogP contribution in [0.2, 0.25) is 15.2 Å². The van der Waals surface area contributed by atoms with Crippen LogP contribution in [-0.4, -0.2) is 21.2 Å². The standard InChI is InChI=1S/C15H8Cl3N3O3/c16-10-3-1-8(2-4-10)14-21-20-12(24-14)7-23-15(22)9-5-11(17)13(18)19-6-9/h1-6H,7H2. The van der Waals surface area contributed by atoms with E-state index in [-0.39, 0.29) is 28.2 Å². The van der Waals surface area contributed by atoms with Crippen molar-refractivity contribution in [1.29, 1.82) is 0 Å². The number of benzene rings is 1. The Morgan fingerprint density at radius 2 is 1.88 bits per heavy atom. The highest BCUT2D eigenvalue weighted by Crippen LogP contribution is 2.22. The van der Waals surface area contributed by atoms with Gasteiger partial charge in [0.1, 0.15) is 5.15 Å². The lowest BCUT2D eigenvalue weighted by Gasteiger charge is -2.02. The van der Waals surface area contributed by atoms with Gasteiger partial charge in [0.05, 0.1) is 10.6 Å². The van der Waals surface area contributed by atoms with Crippen LogP contribution >= 0.6 is 34.8 Å². The van der Waals surface area contributed by atoms with Crippen LogP contribution < -0.4 is 0 Å². The molecule has 9 heteroatoms. The highest BCUT2D eigenvalue weighted by molar-refractivity contribution is 6.41. The number of rotatable bonds is 4. The van der Waals surface area contributed by atoms with E-state index in [1.54, 1.807) is 24.3 Å². The van der Waals surface area contributed by atoms with Gasteiger partial charge in [-0.25, -0.2) is 9.78 Å². The predicted octanol–water partition coefficient (Wildman–Crippen LogP) is 4.45. The zero-order valence-corrected chi connectivity index (χ0v) is 14.1. The lowest BCUT2D eigenvalue weighted by atomic mass is 10.2. The van der Waals surface area contributed by atoms with Crippen molar-refractivity contribution in [3.8, 4) is 11.5 Å². The Labute approximate surface area is 151 Å². The van der Waals surface area contributed by atoms with Crippen molar-refractivity contribution in [1.82, 2.24) is 15.2 Å². The molecule has 0 aliphatic carbocycles. The predicted molar refractivity (Wildman–Crippen MR) is 88.1 cm³/mol. The van der Waals surface area contributed by atoms with Crippen LogP contribution in [0.5, 0.6) is 0 Å². The second-order valence-corrected chi connectivity index (χ2v) is 5.78. The summed E-state index contributed by atoms with van der Waals surface area (Å²) < 4.78 is 10.5. The van der Waals surface area contributed by atoms with Gasteiger partial charge in [-0.05, 0) is 30.3 Å². The van der Waals surface area contributed by atoms with Crippen LogP contribution in [0.1, 0.15) is 16.2 Å². The minimum atomic E-state index is -0.632. The number of nitrogens with zero attached hydrogens (tertiary/aromatic N) is 3. The molecule has 0 spiro atoms. The fourth-order valence-corrected chi connectivity index (χ4v) is 2.16. The number of ether oxygens (including phenoxy) is 1. The Hall–Kier alpha value is -2.15. The molecule has 0 aliphatic heterocycles. The maximum Gasteiger partial charge on any atom is 0.340 e. The molecule has 1 aromatic carbocycles. The molecule has 0 saturated carbocycles. The van der Waals surface area contributed by atoms with E-state index in [4.69, 9.17) is 44.0 Å². The quantitative estimate of drug-likeness (QED) is 0.488. The molecule has 0 bridgehead atoms. The molecular weight excluding hydrogens is 377 g/mol. The molecule has 0 saturated heterocycles. The van der Waals surface area contributed by atoms with Gasteiger partial charge in [-0.1, -0.05) is 34.8 Å². The molecule has 6 nitrogen and oxygen atoms in total. The van der Waals surface area contributed by atoms with Crippen LogP contribution in [0.15, 0.2) is 40.9 Å². The molecule has 3 aromatic rings. The van der Waals surface area contributed by atoms with Crippen LogP contribution in [0, 0.1) is 0 Å². The monoisotopic (exact) mass is 383 g/mol. The number of carbonyl (C=O) groups excluding carboxylic acids is 1. The maximum atomic E-state index is 11.9. The Bertz CT molecular complexity index is 881. The highest BCUT2D eigenvalue weighted by atomic mass is 35.5. The smallest absolute Gasteiger partial charge is 0.340 e. The van der Waals surface area contributed by atoms with Gasteiger partial charge in [-0.2, -0.15) is 0 Å². The van der Waals surface area contributed by atoms with Crippen molar-refractivity contribution >= 4 is 40.8 Å². The van der Waals surface area contributed by atoms with E-state index < -0.39 is 5.97 Å². The van der Waals surface area contributed by atoms with Gasteiger partial charge < -0.3 is 9.15 Å². The van der Waals surface area contributed by atoms with E-state index in [9.17, 15) is 4.79 Å². The van der Waals surface area contributed by atoms with Crippen molar-refractivity contribution < 1.29 is 13.9 Å². The van der Waals surface area contributed by atoms with Gasteiger partial charge in [0.15, 0.2) is 6.61 Å². The second-order valence-electron chi connectivity index (χ2n) is 4.58. The minimum Gasteiger partial charge on any atom is -0.452 e. The summed E-state index contributed by atoms with van der Waals surface area (Å²) in [6.45, 7) is -0.181. The molecule has 0 amide bonds. The molecule has 24 heavy (non-hydrogen) atoms. The highest BCUT2D eigenvalue weighted by Gasteiger charge is 2.14. The average molecular weight is 385 g/mol. The van der Waals surface area contributed by atoms with Crippen LogP contribution in [0.3, 0.4) is 0 Å². The van der Waals surface area contributed by atoms with Gasteiger partial charge >= 0.3 is 5.97 Å². The van der Waals surface area contributed by atoms with E-state index in [0.717, 1.165) is 0 Å². The zero-order chi connectivity index (χ0) is 17.1. The van der Waals surface area contributed by atoms with E-state index in [2.05, 4.69) is 15.2 Å². The first-order valence-corrected chi connectivity index (χ1v) is 7.73. The third-order valence-corrected chi connectivity index (χ3v) is 3.85. The number of halogens is 3. The Balaban J connectivity index is 1.65. The van der Waals surface area contributed by atoms with Crippen LogP contribution in [0.25, 0.3) is 11.5 Å². The maximum absolute atomic E-state index is 11.9. The molecule has 3 rings (SSSR count). The van der Waals surface area contributed by atoms with Crippen molar-refractivity contribution in [3.63, 3.8) is 0 Å². The SMILES string of the molecule is O=C(OCc1nnc(-c2ccc(Cl)cc2)o1)c1cnc(Cl)c(Cl)c1. The molecule has 0 unspecified atom stereocenters. The number of esters is 1. The van der Waals surface area contributed by atoms with Gasteiger partial charge in [-0.15, -0.1) is 10.2 Å². The van der Waals surface area contributed by atoms with Crippen molar-refractivity contribution in [2.75, 3.05) is 0 Å². The van der Waals surface area contributed by atoms with Gasteiger partial charge in [0.2, 0.25) is 5.89 Å². The summed E-state index contributed by atoms with van der Waals surface area (Å²) in [5.74, 6) is -0.178. The third-order valence-electron chi connectivity index (χ3n) is 2.92. The molecule has 2 heterocycles. The molecule has 0 atom stereocenters. The van der Waals surface area contributed by atoms with Gasteiger partial charge in [-0.3, -0.25) is 0 Å². The number of carbonyl (C=O) groups is 1. The molecule has 0 radical (unpaired) electrons. The molecular formula is C15H8Cl3N3O3. The Kier molecular flexibility index (Phi) is 4.99. The largest absolute Gasteiger partial charge is 0.452 e. The molecule has 122 valence electrons. The van der Waals surface area contributed by atoms with Gasteiger partial charge in [0, 0.05) is 16.8 Å². The first kappa shape index (κ1) is 16.7. The summed E-state index contributed by atoms with van der Waals surface area (Å²) in [6.07, 6.45) is 1.27. The number of pyridine rings is 1. The summed E-state index contributed by atoms with van der Waals surface area (Å²) in [4.78, 5) is 15.7. The zero-order valence-electron chi connectivity index (χ0n) is 11.9. The molecule has 0 N–H and O–H groups in total. The summed E-state index contributed by atoms with van der Waals surface area (Å²) in [7, 11) is 0. The molecule has 0 aliphatic rings. The van der Waals surface area contributed by atoms with Gasteiger partial charge in [0.25, 0.3) is 5.89 Å².